The van der Waals surface area contributed by atoms with Gasteiger partial charge in [0, 0.05) is 17.1 Å². The molecule has 0 saturated carbocycles. The molecule has 0 unspecified atom stereocenters. The lowest BCUT2D eigenvalue weighted by Crippen LogP contribution is -2.23. The molecule has 0 spiro atoms. The van der Waals surface area contributed by atoms with E-state index in [0.717, 1.165) is 0 Å². The summed E-state index contributed by atoms with van der Waals surface area (Å²) in [4.78, 5) is 30.1. The molecular formula is C21H17ClN2O4S. The predicted molar refractivity (Wildman–Crippen MR) is 114 cm³/mol. The molecule has 2 aromatic carbocycles. The summed E-state index contributed by atoms with van der Waals surface area (Å²) in [5, 5.41) is 1.41. The van der Waals surface area contributed by atoms with Gasteiger partial charge in [0.05, 0.1) is 16.7 Å². The van der Waals surface area contributed by atoms with Crippen molar-refractivity contribution in [2.45, 2.75) is 11.7 Å². The average Bonchev–Trinajstić information content (AvgIpc) is 2.73. The van der Waals surface area contributed by atoms with Crippen molar-refractivity contribution in [1.82, 2.24) is 9.55 Å². The van der Waals surface area contributed by atoms with Crippen LogP contribution in [0.1, 0.15) is 10.4 Å². The normalized spacial score (nSPS) is 12.7. The number of thioether (sulfide) groups is 1. The molecule has 0 bridgehead atoms. The molecule has 6 nitrogen and oxygen atoms in total. The molecule has 1 aliphatic heterocycles. The van der Waals surface area contributed by atoms with Gasteiger partial charge < -0.3 is 9.47 Å². The first kappa shape index (κ1) is 19.5. The number of carbonyl (C=O) groups excluding carboxylic acids is 1. The van der Waals surface area contributed by atoms with Crippen molar-refractivity contribution in [3.05, 3.63) is 70.0 Å². The maximum Gasteiger partial charge on any atom is 0.262 e. The molecule has 1 aliphatic rings. The van der Waals surface area contributed by atoms with Gasteiger partial charge in [-0.15, -0.1) is 6.58 Å². The van der Waals surface area contributed by atoms with Crippen molar-refractivity contribution < 1.29 is 14.3 Å². The van der Waals surface area contributed by atoms with E-state index < -0.39 is 0 Å². The van der Waals surface area contributed by atoms with Crippen LogP contribution in [0.15, 0.2) is 59.0 Å². The number of halogens is 1. The Morgan fingerprint density at radius 3 is 2.79 bits per heavy atom. The minimum atomic E-state index is -0.194. The summed E-state index contributed by atoms with van der Waals surface area (Å²) in [6.07, 6.45) is 1.62. The molecule has 0 N–H and O–H groups in total. The molecule has 0 aliphatic carbocycles. The van der Waals surface area contributed by atoms with Crippen molar-refractivity contribution >= 4 is 40.0 Å². The first-order valence-corrected chi connectivity index (χ1v) is 10.3. The topological polar surface area (TPSA) is 70.4 Å². The van der Waals surface area contributed by atoms with Gasteiger partial charge >= 0.3 is 0 Å². The summed E-state index contributed by atoms with van der Waals surface area (Å²) in [7, 11) is 0. The fraction of sp³-hybridized carbons (Fsp3) is 0.190. The molecule has 0 fully saturated rings. The monoisotopic (exact) mass is 428 g/mol. The molecule has 29 heavy (non-hydrogen) atoms. The Hall–Kier alpha value is -2.77. The summed E-state index contributed by atoms with van der Waals surface area (Å²) in [6, 6.07) is 10.1. The van der Waals surface area contributed by atoms with E-state index in [1.165, 1.54) is 16.3 Å². The van der Waals surface area contributed by atoms with Crippen molar-refractivity contribution in [3.63, 3.8) is 0 Å². The van der Waals surface area contributed by atoms with Crippen molar-refractivity contribution in [3.8, 4) is 11.5 Å². The lowest BCUT2D eigenvalue weighted by molar-refractivity contribution is 0.102. The van der Waals surface area contributed by atoms with Crippen molar-refractivity contribution in [2.24, 2.45) is 0 Å². The van der Waals surface area contributed by atoms with Crippen LogP contribution in [0.5, 0.6) is 11.5 Å². The number of rotatable bonds is 6. The van der Waals surface area contributed by atoms with E-state index in [9.17, 15) is 9.59 Å². The second kappa shape index (κ2) is 8.31. The van der Waals surface area contributed by atoms with Gasteiger partial charge in [-0.1, -0.05) is 29.4 Å². The third kappa shape index (κ3) is 4.02. The summed E-state index contributed by atoms with van der Waals surface area (Å²) >= 11 is 7.24. The van der Waals surface area contributed by atoms with Crippen LogP contribution in [-0.4, -0.2) is 34.3 Å². The van der Waals surface area contributed by atoms with E-state index in [4.69, 9.17) is 21.1 Å². The lowest BCUT2D eigenvalue weighted by Gasteiger charge is -2.18. The SMILES string of the molecule is C=CCn1c(SCC(=O)c2ccc3c(c2)OCCO3)nc2cc(Cl)ccc2c1=O. The number of ether oxygens (including phenoxy) is 2. The number of benzene rings is 2. The van der Waals surface area contributed by atoms with Crippen LogP contribution in [0.2, 0.25) is 5.02 Å². The van der Waals surface area contributed by atoms with Crippen LogP contribution in [0, 0.1) is 0 Å². The molecule has 3 aromatic rings. The van der Waals surface area contributed by atoms with E-state index in [0.29, 0.717) is 57.9 Å². The first-order chi connectivity index (χ1) is 14.1. The lowest BCUT2D eigenvalue weighted by atomic mass is 10.1. The van der Waals surface area contributed by atoms with E-state index in [1.54, 1.807) is 42.5 Å². The van der Waals surface area contributed by atoms with Crippen LogP contribution < -0.4 is 15.0 Å². The Morgan fingerprint density at radius 2 is 2.00 bits per heavy atom. The number of carbonyl (C=O) groups is 1. The Morgan fingerprint density at radius 1 is 1.21 bits per heavy atom. The molecule has 0 amide bonds. The highest BCUT2D eigenvalue weighted by Crippen LogP contribution is 2.31. The fourth-order valence-electron chi connectivity index (χ4n) is 3.00. The standard InChI is InChI=1S/C21H17ClN2O4S/c1-2-7-24-20(26)15-5-4-14(22)11-16(15)23-21(24)29-12-17(25)13-3-6-18-19(10-13)28-9-8-27-18/h2-6,10-11H,1,7-9,12H2. The third-order valence-electron chi connectivity index (χ3n) is 4.39. The molecule has 4 rings (SSSR count). The number of hydrogen-bond acceptors (Lipinski definition) is 6. The van der Waals surface area contributed by atoms with Crippen LogP contribution in [0.4, 0.5) is 0 Å². The zero-order valence-electron chi connectivity index (χ0n) is 15.4. The van der Waals surface area contributed by atoms with Crippen LogP contribution in [-0.2, 0) is 6.54 Å². The average molecular weight is 429 g/mol. The van der Waals surface area contributed by atoms with Gasteiger partial charge in [-0.3, -0.25) is 14.2 Å². The predicted octanol–water partition coefficient (Wildman–Crippen LogP) is 3.98. The number of fused-ring (bicyclic) bond motifs is 2. The second-order valence-corrected chi connectivity index (χ2v) is 7.71. The molecule has 0 radical (unpaired) electrons. The zero-order chi connectivity index (χ0) is 20.4. The summed E-state index contributed by atoms with van der Waals surface area (Å²) < 4.78 is 12.5. The molecule has 1 aromatic heterocycles. The number of hydrogen-bond donors (Lipinski definition) is 0. The molecule has 0 atom stereocenters. The van der Waals surface area contributed by atoms with Crippen LogP contribution >= 0.6 is 23.4 Å². The van der Waals surface area contributed by atoms with Crippen molar-refractivity contribution in [1.29, 1.82) is 0 Å². The molecule has 2 heterocycles. The Kier molecular flexibility index (Phi) is 5.60. The highest BCUT2D eigenvalue weighted by atomic mass is 35.5. The number of ketones is 1. The van der Waals surface area contributed by atoms with Gasteiger partial charge in [-0.2, -0.15) is 0 Å². The van der Waals surface area contributed by atoms with Gasteiger partial charge in [0.15, 0.2) is 22.4 Å². The van der Waals surface area contributed by atoms with Crippen LogP contribution in [0.25, 0.3) is 10.9 Å². The minimum Gasteiger partial charge on any atom is -0.486 e. The molecule has 0 saturated heterocycles. The second-order valence-electron chi connectivity index (χ2n) is 6.33. The summed E-state index contributed by atoms with van der Waals surface area (Å²) in [6.45, 7) is 4.95. The van der Waals surface area contributed by atoms with Gasteiger partial charge in [0.2, 0.25) is 0 Å². The Labute approximate surface area is 176 Å². The maximum absolute atomic E-state index is 12.8. The van der Waals surface area contributed by atoms with E-state index in [1.807, 2.05) is 0 Å². The highest BCUT2D eigenvalue weighted by Gasteiger charge is 2.17. The van der Waals surface area contributed by atoms with Gasteiger partial charge in [0.1, 0.15) is 13.2 Å². The number of aromatic nitrogens is 2. The maximum atomic E-state index is 12.8. The number of Topliss-reactive ketones (excluding diaryl/α,β-unsaturated/α-hetero) is 1. The first-order valence-electron chi connectivity index (χ1n) is 8.93. The smallest absolute Gasteiger partial charge is 0.262 e. The van der Waals surface area contributed by atoms with Crippen molar-refractivity contribution in [2.75, 3.05) is 19.0 Å². The summed E-state index contributed by atoms with van der Waals surface area (Å²) in [5.74, 6) is 1.22. The minimum absolute atomic E-state index is 0.0995. The quantitative estimate of drug-likeness (QED) is 0.256. The highest BCUT2D eigenvalue weighted by molar-refractivity contribution is 7.99. The number of nitrogens with zero attached hydrogens (tertiary/aromatic N) is 2. The van der Waals surface area contributed by atoms with Gasteiger partial charge in [-0.05, 0) is 36.4 Å². The van der Waals surface area contributed by atoms with E-state index in [2.05, 4.69) is 11.6 Å². The van der Waals surface area contributed by atoms with Gasteiger partial charge in [0.25, 0.3) is 5.56 Å². The molecule has 8 heteroatoms. The fourth-order valence-corrected chi connectivity index (χ4v) is 4.07. The molecule has 148 valence electrons. The number of allylic oxidation sites excluding steroid dienone is 1. The zero-order valence-corrected chi connectivity index (χ0v) is 17.0. The van der Waals surface area contributed by atoms with E-state index in [-0.39, 0.29) is 17.1 Å². The summed E-state index contributed by atoms with van der Waals surface area (Å²) in [5.41, 5.74) is 0.820. The third-order valence-corrected chi connectivity index (χ3v) is 5.60. The largest absolute Gasteiger partial charge is 0.486 e. The molecular weight excluding hydrogens is 412 g/mol. The Balaban J connectivity index is 1.61. The van der Waals surface area contributed by atoms with Crippen LogP contribution in [0.3, 0.4) is 0 Å². The Bertz CT molecular complexity index is 1180. The van der Waals surface area contributed by atoms with E-state index >= 15 is 0 Å². The van der Waals surface area contributed by atoms with Gasteiger partial charge in [-0.25, -0.2) is 4.98 Å².